The lowest BCUT2D eigenvalue weighted by Gasteiger charge is -2.08. The molecule has 0 unspecified atom stereocenters. The number of nitrogens with zero attached hydrogens (tertiary/aromatic N) is 2. The predicted molar refractivity (Wildman–Crippen MR) is 66.1 cm³/mol. The molecule has 0 radical (unpaired) electrons. The van der Waals surface area contributed by atoms with Gasteiger partial charge in [0.2, 0.25) is 0 Å². The highest BCUT2D eigenvalue weighted by Crippen LogP contribution is 2.11. The average molecular weight is 217 g/mol. The minimum Gasteiger partial charge on any atom is -0.383 e. The van der Waals surface area contributed by atoms with Gasteiger partial charge in [0.1, 0.15) is 6.07 Å². The molecule has 0 saturated carbocycles. The molecule has 1 aromatic heterocycles. The van der Waals surface area contributed by atoms with Gasteiger partial charge >= 0.3 is 0 Å². The van der Waals surface area contributed by atoms with E-state index in [4.69, 9.17) is 5.26 Å². The second-order valence-corrected chi connectivity index (χ2v) is 4.33. The van der Waals surface area contributed by atoms with Gasteiger partial charge in [-0.3, -0.25) is 0 Å². The Hall–Kier alpha value is -1.56. The lowest BCUT2D eigenvalue weighted by atomic mass is 10.1. The summed E-state index contributed by atoms with van der Waals surface area (Å²) in [5.74, 6) is 0.771. The maximum Gasteiger partial charge on any atom is 0.163 e. The first-order chi connectivity index (χ1) is 7.74. The normalized spacial score (nSPS) is 10.1. The first kappa shape index (κ1) is 12.5. The molecule has 16 heavy (non-hydrogen) atoms. The van der Waals surface area contributed by atoms with E-state index in [9.17, 15) is 0 Å². The van der Waals surface area contributed by atoms with Gasteiger partial charge in [0.25, 0.3) is 0 Å². The van der Waals surface area contributed by atoms with Crippen LogP contribution in [0.1, 0.15) is 38.8 Å². The second-order valence-electron chi connectivity index (χ2n) is 4.33. The first-order valence-electron chi connectivity index (χ1n) is 5.83. The molecule has 1 heterocycles. The van der Waals surface area contributed by atoms with Crippen molar-refractivity contribution in [1.29, 1.82) is 5.26 Å². The Kier molecular flexibility index (Phi) is 5.35. The molecule has 3 heteroatoms. The van der Waals surface area contributed by atoms with E-state index in [0.29, 0.717) is 5.69 Å². The molecule has 3 nitrogen and oxygen atoms in total. The molecule has 0 aliphatic heterocycles. The Morgan fingerprint density at radius 3 is 2.94 bits per heavy atom. The fourth-order valence-corrected chi connectivity index (χ4v) is 1.54. The van der Waals surface area contributed by atoms with Crippen molar-refractivity contribution < 1.29 is 0 Å². The van der Waals surface area contributed by atoms with E-state index < -0.39 is 0 Å². The Balaban J connectivity index is 2.30. The number of anilines is 1. The van der Waals surface area contributed by atoms with Crippen LogP contribution in [-0.4, -0.2) is 11.5 Å². The Bertz CT molecular complexity index is 352. The van der Waals surface area contributed by atoms with Gasteiger partial charge in [-0.2, -0.15) is 5.26 Å². The maximum absolute atomic E-state index is 8.84. The lowest BCUT2D eigenvalue weighted by molar-refractivity contribution is 0.545. The minimum atomic E-state index is 0.478. The van der Waals surface area contributed by atoms with Gasteiger partial charge in [-0.05, 0) is 24.5 Å². The van der Waals surface area contributed by atoms with E-state index in [-0.39, 0.29) is 0 Å². The molecule has 0 atom stereocenters. The molecule has 0 aliphatic carbocycles. The van der Waals surface area contributed by atoms with Crippen LogP contribution in [0.25, 0.3) is 0 Å². The zero-order chi connectivity index (χ0) is 11.8. The molecule has 0 amide bonds. The summed E-state index contributed by atoms with van der Waals surface area (Å²) in [5, 5.41) is 12.1. The fraction of sp³-hybridized carbons (Fsp3) is 0.538. The molecule has 0 fully saturated rings. The monoisotopic (exact) mass is 217 g/mol. The highest BCUT2D eigenvalue weighted by molar-refractivity contribution is 5.53. The third-order valence-electron chi connectivity index (χ3n) is 2.44. The van der Waals surface area contributed by atoms with E-state index in [1.54, 1.807) is 6.20 Å². The number of nitriles is 1. The van der Waals surface area contributed by atoms with Gasteiger partial charge in [0.15, 0.2) is 5.69 Å². The summed E-state index contributed by atoms with van der Waals surface area (Å²) in [4.78, 5) is 4.00. The van der Waals surface area contributed by atoms with Gasteiger partial charge in [0.05, 0.1) is 5.69 Å². The summed E-state index contributed by atoms with van der Waals surface area (Å²) in [6.45, 7) is 5.39. The molecule has 0 saturated heterocycles. The summed E-state index contributed by atoms with van der Waals surface area (Å²) in [5.41, 5.74) is 1.32. The van der Waals surface area contributed by atoms with Crippen molar-refractivity contribution in [3.63, 3.8) is 0 Å². The Morgan fingerprint density at radius 1 is 1.44 bits per heavy atom. The number of hydrogen-bond donors (Lipinski definition) is 1. The fourth-order valence-electron chi connectivity index (χ4n) is 1.54. The van der Waals surface area contributed by atoms with Crippen LogP contribution in [0.5, 0.6) is 0 Å². The smallest absolute Gasteiger partial charge is 0.163 e. The summed E-state index contributed by atoms with van der Waals surface area (Å²) < 4.78 is 0. The third-order valence-corrected chi connectivity index (χ3v) is 2.44. The topological polar surface area (TPSA) is 48.7 Å². The van der Waals surface area contributed by atoms with Crippen molar-refractivity contribution in [1.82, 2.24) is 4.98 Å². The average Bonchev–Trinajstić information content (AvgIpc) is 2.29. The van der Waals surface area contributed by atoms with Crippen LogP contribution in [0, 0.1) is 17.2 Å². The summed E-state index contributed by atoms with van der Waals surface area (Å²) >= 11 is 0. The summed E-state index contributed by atoms with van der Waals surface area (Å²) in [6.07, 6.45) is 5.27. The first-order valence-corrected chi connectivity index (χ1v) is 5.83. The molecular weight excluding hydrogens is 198 g/mol. The van der Waals surface area contributed by atoms with Crippen LogP contribution in [0.3, 0.4) is 0 Å². The van der Waals surface area contributed by atoms with Gasteiger partial charge in [-0.1, -0.05) is 26.7 Å². The standard InChI is InChI=1S/C13H19N3/c1-11(2)6-3-4-8-15-12-7-5-9-16-13(12)10-14/h5,7,9,11,15H,3-4,6,8H2,1-2H3. The highest BCUT2D eigenvalue weighted by Gasteiger charge is 2.00. The van der Waals surface area contributed by atoms with Crippen molar-refractivity contribution in [3.8, 4) is 6.07 Å². The van der Waals surface area contributed by atoms with Crippen molar-refractivity contribution >= 4 is 5.69 Å². The maximum atomic E-state index is 8.84. The second kappa shape index (κ2) is 6.84. The zero-order valence-corrected chi connectivity index (χ0v) is 10.0. The van der Waals surface area contributed by atoms with Crippen LogP contribution in [0.4, 0.5) is 5.69 Å². The molecule has 86 valence electrons. The van der Waals surface area contributed by atoms with Crippen molar-refractivity contribution in [2.45, 2.75) is 33.1 Å². The van der Waals surface area contributed by atoms with Crippen molar-refractivity contribution in [2.24, 2.45) is 5.92 Å². The van der Waals surface area contributed by atoms with Crippen LogP contribution in [0.2, 0.25) is 0 Å². The number of aromatic nitrogens is 1. The number of pyridine rings is 1. The minimum absolute atomic E-state index is 0.478. The van der Waals surface area contributed by atoms with Crippen LogP contribution in [0.15, 0.2) is 18.3 Å². The molecule has 0 aliphatic rings. The van der Waals surface area contributed by atoms with Crippen LogP contribution < -0.4 is 5.32 Å². The molecule has 1 aromatic rings. The van der Waals surface area contributed by atoms with E-state index in [2.05, 4.69) is 30.2 Å². The van der Waals surface area contributed by atoms with Crippen LogP contribution in [-0.2, 0) is 0 Å². The van der Waals surface area contributed by atoms with Crippen molar-refractivity contribution in [3.05, 3.63) is 24.0 Å². The van der Waals surface area contributed by atoms with E-state index in [1.165, 1.54) is 12.8 Å². The quantitative estimate of drug-likeness (QED) is 0.744. The lowest BCUT2D eigenvalue weighted by Crippen LogP contribution is -2.04. The van der Waals surface area contributed by atoms with E-state index >= 15 is 0 Å². The number of rotatable bonds is 6. The molecule has 0 spiro atoms. The number of unbranched alkanes of at least 4 members (excludes halogenated alkanes) is 1. The summed E-state index contributed by atoms with van der Waals surface area (Å²) in [7, 11) is 0. The molecule has 0 bridgehead atoms. The predicted octanol–water partition coefficient (Wildman–Crippen LogP) is 3.19. The Labute approximate surface area is 97.5 Å². The summed E-state index contributed by atoms with van der Waals surface area (Å²) in [6, 6.07) is 5.82. The Morgan fingerprint density at radius 2 is 2.25 bits per heavy atom. The molecule has 1 rings (SSSR count). The SMILES string of the molecule is CC(C)CCCCNc1cccnc1C#N. The van der Waals surface area contributed by atoms with Gasteiger partial charge in [-0.15, -0.1) is 0 Å². The van der Waals surface area contributed by atoms with Crippen molar-refractivity contribution in [2.75, 3.05) is 11.9 Å². The highest BCUT2D eigenvalue weighted by atomic mass is 14.9. The van der Waals surface area contributed by atoms with E-state index in [0.717, 1.165) is 24.6 Å². The number of hydrogen-bond acceptors (Lipinski definition) is 3. The van der Waals surface area contributed by atoms with Gasteiger partial charge < -0.3 is 5.32 Å². The largest absolute Gasteiger partial charge is 0.383 e. The number of nitrogens with one attached hydrogen (secondary N) is 1. The third kappa shape index (κ3) is 4.31. The molecule has 1 N–H and O–H groups in total. The zero-order valence-electron chi connectivity index (χ0n) is 10.0. The van der Waals surface area contributed by atoms with E-state index in [1.807, 2.05) is 12.1 Å². The molecule has 0 aromatic carbocycles. The van der Waals surface area contributed by atoms with Gasteiger partial charge in [0, 0.05) is 12.7 Å². The molecular formula is C13H19N3. The van der Waals surface area contributed by atoms with Gasteiger partial charge in [-0.25, -0.2) is 4.98 Å². The van der Waals surface area contributed by atoms with Crippen LogP contribution >= 0.6 is 0 Å².